The molecule has 0 amide bonds. The van der Waals surface area contributed by atoms with E-state index in [4.69, 9.17) is 11.6 Å². The standard InChI is InChI=1S/C12H14ClN3O2S/c1-3-4-8-10(13)15-12(18)16(11(8)17)5-9-14-7(2)6-19-9/h6H,3-5H2,1-2H3,(H,15,18). The van der Waals surface area contributed by atoms with Crippen molar-refractivity contribution in [1.29, 1.82) is 0 Å². The molecule has 2 heterocycles. The fourth-order valence-electron chi connectivity index (χ4n) is 1.81. The van der Waals surface area contributed by atoms with Gasteiger partial charge in [-0.15, -0.1) is 11.3 Å². The molecule has 0 aliphatic rings. The molecule has 0 atom stereocenters. The van der Waals surface area contributed by atoms with Crippen LogP contribution in [-0.2, 0) is 13.0 Å². The number of thiazole rings is 1. The van der Waals surface area contributed by atoms with Crippen LogP contribution >= 0.6 is 22.9 Å². The van der Waals surface area contributed by atoms with Gasteiger partial charge in [0.1, 0.15) is 10.2 Å². The maximum absolute atomic E-state index is 12.2. The van der Waals surface area contributed by atoms with Gasteiger partial charge >= 0.3 is 5.69 Å². The average Bonchev–Trinajstić information content (AvgIpc) is 2.76. The molecule has 2 aromatic heterocycles. The third-order valence-corrected chi connectivity index (χ3v) is 3.96. The molecule has 102 valence electrons. The summed E-state index contributed by atoms with van der Waals surface area (Å²) in [4.78, 5) is 30.8. The highest BCUT2D eigenvalue weighted by atomic mass is 35.5. The van der Waals surface area contributed by atoms with Gasteiger partial charge in [0, 0.05) is 11.1 Å². The van der Waals surface area contributed by atoms with E-state index in [0.29, 0.717) is 12.0 Å². The van der Waals surface area contributed by atoms with Crippen molar-refractivity contribution >= 4 is 22.9 Å². The van der Waals surface area contributed by atoms with Crippen molar-refractivity contribution in [3.05, 3.63) is 47.6 Å². The van der Waals surface area contributed by atoms with E-state index in [9.17, 15) is 9.59 Å². The number of rotatable bonds is 4. The van der Waals surface area contributed by atoms with Crippen LogP contribution in [0.1, 0.15) is 29.6 Å². The highest BCUT2D eigenvalue weighted by molar-refractivity contribution is 7.09. The number of aromatic amines is 1. The maximum Gasteiger partial charge on any atom is 0.329 e. The minimum absolute atomic E-state index is 0.142. The van der Waals surface area contributed by atoms with Crippen molar-refractivity contribution in [2.45, 2.75) is 33.2 Å². The van der Waals surface area contributed by atoms with Crippen LogP contribution in [-0.4, -0.2) is 14.5 Å². The summed E-state index contributed by atoms with van der Waals surface area (Å²) in [7, 11) is 0. The van der Waals surface area contributed by atoms with E-state index in [0.717, 1.165) is 21.7 Å². The first-order valence-corrected chi connectivity index (χ1v) is 7.21. The summed E-state index contributed by atoms with van der Waals surface area (Å²) in [5.74, 6) is 0. The van der Waals surface area contributed by atoms with Crippen molar-refractivity contribution in [2.24, 2.45) is 0 Å². The fourth-order valence-corrected chi connectivity index (χ4v) is 2.82. The SMILES string of the molecule is CCCc1c(Cl)[nH]c(=O)n(Cc2nc(C)cs2)c1=O. The Morgan fingerprint density at radius 3 is 2.79 bits per heavy atom. The smallest absolute Gasteiger partial charge is 0.297 e. The van der Waals surface area contributed by atoms with Crippen molar-refractivity contribution in [1.82, 2.24) is 14.5 Å². The summed E-state index contributed by atoms with van der Waals surface area (Å²) >= 11 is 7.34. The Labute approximate surface area is 118 Å². The van der Waals surface area contributed by atoms with Crippen LogP contribution in [0.2, 0.25) is 5.15 Å². The quantitative estimate of drug-likeness (QED) is 0.878. The van der Waals surface area contributed by atoms with E-state index in [2.05, 4.69) is 9.97 Å². The number of hydrogen-bond acceptors (Lipinski definition) is 4. The Morgan fingerprint density at radius 2 is 2.21 bits per heavy atom. The molecule has 1 N–H and O–H groups in total. The van der Waals surface area contributed by atoms with Crippen molar-refractivity contribution in [3.63, 3.8) is 0 Å². The molecule has 0 aromatic carbocycles. The van der Waals surface area contributed by atoms with Gasteiger partial charge in [-0.3, -0.25) is 14.3 Å². The van der Waals surface area contributed by atoms with Crippen LogP contribution in [0.15, 0.2) is 15.0 Å². The van der Waals surface area contributed by atoms with Crippen LogP contribution in [0.4, 0.5) is 0 Å². The molecule has 0 saturated heterocycles. The Hall–Kier alpha value is -1.40. The summed E-state index contributed by atoms with van der Waals surface area (Å²) in [5, 5.41) is 2.76. The predicted octanol–water partition coefficient (Wildman–Crippen LogP) is 1.96. The van der Waals surface area contributed by atoms with Crippen LogP contribution in [0.25, 0.3) is 0 Å². The summed E-state index contributed by atoms with van der Waals surface area (Å²) in [6.45, 7) is 4.01. The van der Waals surface area contributed by atoms with Crippen LogP contribution in [0.3, 0.4) is 0 Å². The lowest BCUT2D eigenvalue weighted by atomic mass is 10.2. The third kappa shape index (κ3) is 2.96. The van der Waals surface area contributed by atoms with Gasteiger partial charge in [-0.1, -0.05) is 24.9 Å². The third-order valence-electron chi connectivity index (χ3n) is 2.69. The lowest BCUT2D eigenvalue weighted by Crippen LogP contribution is -2.37. The van der Waals surface area contributed by atoms with Gasteiger partial charge in [0.25, 0.3) is 5.56 Å². The molecular weight excluding hydrogens is 286 g/mol. The average molecular weight is 300 g/mol. The summed E-state index contributed by atoms with van der Waals surface area (Å²) in [6.07, 6.45) is 1.34. The van der Waals surface area contributed by atoms with Gasteiger partial charge in [-0.05, 0) is 13.3 Å². The first-order chi connectivity index (χ1) is 9.02. The van der Waals surface area contributed by atoms with E-state index in [1.807, 2.05) is 19.2 Å². The van der Waals surface area contributed by atoms with E-state index in [1.54, 1.807) is 0 Å². The molecule has 0 unspecified atom stereocenters. The normalized spacial score (nSPS) is 10.9. The Morgan fingerprint density at radius 1 is 1.47 bits per heavy atom. The molecule has 19 heavy (non-hydrogen) atoms. The second-order valence-corrected chi connectivity index (χ2v) is 5.57. The summed E-state index contributed by atoms with van der Waals surface area (Å²) in [5.41, 5.74) is 0.510. The largest absolute Gasteiger partial charge is 0.329 e. The number of aromatic nitrogens is 3. The zero-order chi connectivity index (χ0) is 14.0. The van der Waals surface area contributed by atoms with Gasteiger partial charge in [0.05, 0.1) is 12.1 Å². The summed E-state index contributed by atoms with van der Waals surface area (Å²) < 4.78 is 1.15. The van der Waals surface area contributed by atoms with E-state index >= 15 is 0 Å². The number of nitrogens with one attached hydrogen (secondary N) is 1. The highest BCUT2D eigenvalue weighted by Crippen LogP contribution is 2.11. The van der Waals surface area contributed by atoms with Gasteiger partial charge in [-0.2, -0.15) is 0 Å². The monoisotopic (exact) mass is 299 g/mol. The molecule has 2 rings (SSSR count). The molecule has 0 aliphatic heterocycles. The molecule has 0 bridgehead atoms. The zero-order valence-electron chi connectivity index (χ0n) is 10.7. The number of H-pyrrole nitrogens is 1. The molecule has 0 spiro atoms. The number of hydrogen-bond donors (Lipinski definition) is 1. The Kier molecular flexibility index (Phi) is 4.21. The van der Waals surface area contributed by atoms with E-state index < -0.39 is 5.69 Å². The fraction of sp³-hybridized carbons (Fsp3) is 0.417. The molecule has 2 aromatic rings. The topological polar surface area (TPSA) is 67.8 Å². The molecule has 0 fully saturated rings. The zero-order valence-corrected chi connectivity index (χ0v) is 12.3. The van der Waals surface area contributed by atoms with Crippen LogP contribution in [0.5, 0.6) is 0 Å². The predicted molar refractivity (Wildman–Crippen MR) is 76.3 cm³/mol. The molecule has 0 saturated carbocycles. The lowest BCUT2D eigenvalue weighted by molar-refractivity contribution is 0.676. The first kappa shape index (κ1) is 14.0. The minimum Gasteiger partial charge on any atom is -0.297 e. The van der Waals surface area contributed by atoms with Gasteiger partial charge in [0.15, 0.2) is 0 Å². The second kappa shape index (κ2) is 5.71. The van der Waals surface area contributed by atoms with Crippen molar-refractivity contribution in [2.75, 3.05) is 0 Å². The number of aryl methyl sites for hydroxylation is 1. The Balaban J connectivity index is 2.48. The maximum atomic E-state index is 12.2. The van der Waals surface area contributed by atoms with Crippen LogP contribution in [0, 0.1) is 6.92 Å². The Bertz CT molecular complexity index is 702. The number of halogens is 1. The molecule has 0 aliphatic carbocycles. The number of nitrogens with zero attached hydrogens (tertiary/aromatic N) is 2. The van der Waals surface area contributed by atoms with Crippen LogP contribution < -0.4 is 11.2 Å². The molecule has 5 nitrogen and oxygen atoms in total. The van der Waals surface area contributed by atoms with E-state index in [1.165, 1.54) is 11.3 Å². The van der Waals surface area contributed by atoms with Gasteiger partial charge in [0.2, 0.25) is 0 Å². The lowest BCUT2D eigenvalue weighted by Gasteiger charge is -2.06. The highest BCUT2D eigenvalue weighted by Gasteiger charge is 2.13. The van der Waals surface area contributed by atoms with Crippen molar-refractivity contribution < 1.29 is 0 Å². The van der Waals surface area contributed by atoms with E-state index in [-0.39, 0.29) is 17.3 Å². The second-order valence-electron chi connectivity index (χ2n) is 4.25. The summed E-state index contributed by atoms with van der Waals surface area (Å²) in [6, 6.07) is 0. The first-order valence-electron chi connectivity index (χ1n) is 5.95. The van der Waals surface area contributed by atoms with Gasteiger partial charge in [-0.25, -0.2) is 9.78 Å². The molecule has 7 heteroatoms. The molecular formula is C12H14ClN3O2S. The van der Waals surface area contributed by atoms with Crippen molar-refractivity contribution in [3.8, 4) is 0 Å². The molecule has 0 radical (unpaired) electrons. The minimum atomic E-state index is -0.497. The van der Waals surface area contributed by atoms with Gasteiger partial charge < -0.3 is 0 Å².